The summed E-state index contributed by atoms with van der Waals surface area (Å²) in [5.74, 6) is -2.18. The molecule has 2 N–H and O–H groups in total. The fourth-order valence-corrected chi connectivity index (χ4v) is 3.73. The summed E-state index contributed by atoms with van der Waals surface area (Å²) >= 11 is 0. The molecule has 0 fully saturated rings. The zero-order valence-corrected chi connectivity index (χ0v) is 16.0. The first kappa shape index (κ1) is 19.1. The third kappa shape index (κ3) is 3.85. The van der Waals surface area contributed by atoms with E-state index in [0.717, 1.165) is 29.1 Å². The molecular weight excluding hydrogens is 376 g/mol. The van der Waals surface area contributed by atoms with Crippen LogP contribution in [-0.2, 0) is 17.6 Å². The van der Waals surface area contributed by atoms with Gasteiger partial charge in [0.1, 0.15) is 11.6 Å². The Kier molecular flexibility index (Phi) is 5.05. The van der Waals surface area contributed by atoms with Crippen LogP contribution < -0.4 is 10.9 Å². The number of carbonyl (C=O) groups is 1. The van der Waals surface area contributed by atoms with Crippen molar-refractivity contribution in [3.8, 4) is 5.69 Å². The molecule has 1 amide bonds. The first-order valence-corrected chi connectivity index (χ1v) is 9.58. The Labute approximate surface area is 166 Å². The minimum Gasteiger partial charge on any atom is -0.323 e. The van der Waals surface area contributed by atoms with E-state index in [9.17, 15) is 18.4 Å². The van der Waals surface area contributed by atoms with Gasteiger partial charge in [0, 0.05) is 23.2 Å². The lowest BCUT2D eigenvalue weighted by Crippen LogP contribution is -2.24. The highest BCUT2D eigenvalue weighted by atomic mass is 19.1. The topological polar surface area (TPSA) is 66.9 Å². The quantitative estimate of drug-likeness (QED) is 0.659. The van der Waals surface area contributed by atoms with Gasteiger partial charge in [0.25, 0.3) is 5.56 Å². The van der Waals surface area contributed by atoms with E-state index in [1.807, 2.05) is 31.2 Å². The monoisotopic (exact) mass is 397 g/mol. The van der Waals surface area contributed by atoms with Gasteiger partial charge in [-0.15, -0.1) is 0 Å². The van der Waals surface area contributed by atoms with Gasteiger partial charge >= 0.3 is 0 Å². The van der Waals surface area contributed by atoms with Gasteiger partial charge in [-0.2, -0.15) is 0 Å². The number of rotatable bonds is 3. The van der Waals surface area contributed by atoms with Crippen LogP contribution in [-0.4, -0.2) is 15.7 Å². The van der Waals surface area contributed by atoms with Crippen LogP contribution in [0.4, 0.5) is 14.5 Å². The highest BCUT2D eigenvalue weighted by molar-refractivity contribution is 5.92. The lowest BCUT2D eigenvalue weighted by molar-refractivity contribution is -0.120. The van der Waals surface area contributed by atoms with Gasteiger partial charge in [0.15, 0.2) is 0 Å². The van der Waals surface area contributed by atoms with E-state index in [1.54, 1.807) is 4.68 Å². The molecule has 1 aliphatic rings. The van der Waals surface area contributed by atoms with Gasteiger partial charge in [0.2, 0.25) is 5.91 Å². The van der Waals surface area contributed by atoms with E-state index in [1.165, 1.54) is 6.07 Å². The molecule has 0 spiro atoms. The van der Waals surface area contributed by atoms with E-state index >= 15 is 0 Å². The Morgan fingerprint density at radius 1 is 1.10 bits per heavy atom. The van der Waals surface area contributed by atoms with Crippen LogP contribution in [0.1, 0.15) is 29.7 Å². The molecule has 1 aliphatic carbocycles. The molecule has 0 saturated carbocycles. The van der Waals surface area contributed by atoms with Crippen molar-refractivity contribution in [3.63, 3.8) is 0 Å². The summed E-state index contributed by atoms with van der Waals surface area (Å²) in [7, 11) is 0. The van der Waals surface area contributed by atoms with Crippen LogP contribution >= 0.6 is 0 Å². The van der Waals surface area contributed by atoms with Crippen molar-refractivity contribution in [2.75, 3.05) is 5.32 Å². The number of aromatic nitrogens is 2. The Balaban J connectivity index is 1.49. The molecule has 150 valence electrons. The molecule has 2 aromatic carbocycles. The SMILES string of the molecule is Cc1ccc(-n2[nH]c3c(c2=O)CCC(C(=O)Nc2ccc(F)cc2F)CC3)cc1. The van der Waals surface area contributed by atoms with Gasteiger partial charge in [-0.3, -0.25) is 14.7 Å². The Morgan fingerprint density at radius 3 is 2.55 bits per heavy atom. The number of aromatic amines is 1. The largest absolute Gasteiger partial charge is 0.323 e. The molecule has 1 atom stereocenters. The molecule has 7 heteroatoms. The molecule has 3 aromatic rings. The number of nitrogens with one attached hydrogen (secondary N) is 2. The van der Waals surface area contributed by atoms with Crippen LogP contribution in [0.3, 0.4) is 0 Å². The highest BCUT2D eigenvalue weighted by Crippen LogP contribution is 2.25. The number of H-pyrrole nitrogens is 1. The zero-order valence-electron chi connectivity index (χ0n) is 16.0. The van der Waals surface area contributed by atoms with Crippen LogP contribution in [0, 0.1) is 24.5 Å². The summed E-state index contributed by atoms with van der Waals surface area (Å²) in [5, 5.41) is 5.71. The van der Waals surface area contributed by atoms with Crippen LogP contribution in [0.25, 0.3) is 5.69 Å². The summed E-state index contributed by atoms with van der Waals surface area (Å²) in [5.41, 5.74) is 3.26. The average Bonchev–Trinajstić information content (AvgIpc) is 2.87. The minimum absolute atomic E-state index is 0.0408. The summed E-state index contributed by atoms with van der Waals surface area (Å²) in [6, 6.07) is 10.7. The summed E-state index contributed by atoms with van der Waals surface area (Å²) in [6.45, 7) is 1.99. The number of nitrogens with zero attached hydrogens (tertiary/aromatic N) is 1. The number of amides is 1. The number of hydrogen-bond donors (Lipinski definition) is 2. The second-order valence-electron chi connectivity index (χ2n) is 7.43. The average molecular weight is 397 g/mol. The van der Waals surface area contributed by atoms with E-state index < -0.39 is 11.6 Å². The van der Waals surface area contributed by atoms with Crippen LogP contribution in [0.5, 0.6) is 0 Å². The molecule has 0 radical (unpaired) electrons. The normalized spacial score (nSPS) is 16.2. The Hall–Kier alpha value is -3.22. The molecule has 0 bridgehead atoms. The molecule has 1 heterocycles. The van der Waals surface area contributed by atoms with Gasteiger partial charge in [-0.25, -0.2) is 13.5 Å². The van der Waals surface area contributed by atoms with Crippen molar-refractivity contribution >= 4 is 11.6 Å². The van der Waals surface area contributed by atoms with Crippen LogP contribution in [0.2, 0.25) is 0 Å². The number of fused-ring (bicyclic) bond motifs is 1. The van der Waals surface area contributed by atoms with E-state index in [2.05, 4.69) is 10.4 Å². The summed E-state index contributed by atoms with van der Waals surface area (Å²) < 4.78 is 28.4. The predicted octanol–water partition coefficient (Wildman–Crippen LogP) is 3.89. The predicted molar refractivity (Wildman–Crippen MR) is 106 cm³/mol. The third-order valence-electron chi connectivity index (χ3n) is 5.41. The van der Waals surface area contributed by atoms with Crippen molar-refractivity contribution in [2.45, 2.75) is 32.6 Å². The maximum Gasteiger partial charge on any atom is 0.274 e. The molecule has 5 nitrogen and oxygen atoms in total. The second kappa shape index (κ2) is 7.66. The number of benzene rings is 2. The van der Waals surface area contributed by atoms with Gasteiger partial charge in [-0.05, 0) is 56.9 Å². The molecular formula is C22H21F2N3O2. The molecule has 1 aromatic heterocycles. The van der Waals surface area contributed by atoms with Crippen molar-refractivity contribution < 1.29 is 13.6 Å². The van der Waals surface area contributed by atoms with Gasteiger partial charge in [0.05, 0.1) is 11.4 Å². The molecule has 29 heavy (non-hydrogen) atoms. The molecule has 1 unspecified atom stereocenters. The smallest absolute Gasteiger partial charge is 0.274 e. The standard InChI is InChI=1S/C22H21F2N3O2/c1-13-2-7-16(8-3-13)27-22(29)17-9-4-14(5-10-19(17)26-27)21(28)25-20-11-6-15(23)12-18(20)24/h2-3,6-8,11-12,14,26H,4-5,9-10H2,1H3,(H,25,28). The first-order valence-electron chi connectivity index (χ1n) is 9.58. The van der Waals surface area contributed by atoms with Crippen molar-refractivity contribution in [1.82, 2.24) is 9.78 Å². The van der Waals surface area contributed by atoms with E-state index in [-0.39, 0.29) is 23.1 Å². The second-order valence-corrected chi connectivity index (χ2v) is 7.43. The molecule has 0 aliphatic heterocycles. The number of aryl methyl sites for hydroxylation is 2. The van der Waals surface area contributed by atoms with Crippen LogP contribution in [0.15, 0.2) is 47.3 Å². The van der Waals surface area contributed by atoms with Gasteiger partial charge < -0.3 is 5.32 Å². The maximum atomic E-state index is 13.8. The van der Waals surface area contributed by atoms with Gasteiger partial charge in [-0.1, -0.05) is 17.7 Å². The highest BCUT2D eigenvalue weighted by Gasteiger charge is 2.26. The lowest BCUT2D eigenvalue weighted by atomic mass is 9.98. The molecule has 4 rings (SSSR count). The molecule has 0 saturated heterocycles. The summed E-state index contributed by atoms with van der Waals surface area (Å²) in [4.78, 5) is 25.4. The van der Waals surface area contributed by atoms with Crippen molar-refractivity contribution in [1.29, 1.82) is 0 Å². The zero-order chi connectivity index (χ0) is 20.5. The number of carbonyl (C=O) groups excluding carboxylic acids is 1. The van der Waals surface area contributed by atoms with E-state index in [4.69, 9.17) is 0 Å². The lowest BCUT2D eigenvalue weighted by Gasteiger charge is -2.14. The van der Waals surface area contributed by atoms with E-state index in [0.29, 0.717) is 31.2 Å². The Bertz CT molecular complexity index is 1120. The van der Waals surface area contributed by atoms with Crippen molar-refractivity contribution in [3.05, 3.63) is 81.3 Å². The third-order valence-corrected chi connectivity index (χ3v) is 5.41. The first-order chi connectivity index (χ1) is 13.9. The summed E-state index contributed by atoms with van der Waals surface area (Å²) in [6.07, 6.45) is 2.04. The van der Waals surface area contributed by atoms with Crippen molar-refractivity contribution in [2.24, 2.45) is 5.92 Å². The number of halogens is 2. The fraction of sp³-hybridized carbons (Fsp3) is 0.273. The Morgan fingerprint density at radius 2 is 1.83 bits per heavy atom. The maximum absolute atomic E-state index is 13.8. The fourth-order valence-electron chi connectivity index (χ4n) is 3.73. The number of anilines is 1. The number of hydrogen-bond acceptors (Lipinski definition) is 2. The minimum atomic E-state index is -0.807.